The summed E-state index contributed by atoms with van der Waals surface area (Å²) in [5.41, 5.74) is 0.621. The molecule has 1 N–H and O–H groups in total. The molecule has 0 spiro atoms. The molecule has 0 aliphatic rings. The van der Waals surface area contributed by atoms with E-state index < -0.39 is 11.7 Å². The zero-order valence-corrected chi connectivity index (χ0v) is 19.7. The largest absolute Gasteiger partial charge is 0.494 e. The number of hydrogen-bond acceptors (Lipinski definition) is 4. The summed E-state index contributed by atoms with van der Waals surface area (Å²) in [6, 6.07) is 20.1. The van der Waals surface area contributed by atoms with E-state index in [0.29, 0.717) is 26.2 Å². The van der Waals surface area contributed by atoms with Crippen LogP contribution in [-0.2, 0) is 11.3 Å². The Balaban J connectivity index is 1.53. The maximum atomic E-state index is 11.7. The van der Waals surface area contributed by atoms with Gasteiger partial charge in [0.05, 0.1) is 11.1 Å². The fraction of sp³-hybridized carbons (Fsp3) is 0.320. The van der Waals surface area contributed by atoms with E-state index in [4.69, 9.17) is 14.2 Å². The van der Waals surface area contributed by atoms with E-state index in [1.807, 2.05) is 81.4 Å². The third-order valence-corrected chi connectivity index (χ3v) is 4.98. The van der Waals surface area contributed by atoms with Gasteiger partial charge in [0, 0.05) is 6.54 Å². The molecule has 0 heterocycles. The van der Waals surface area contributed by atoms with Gasteiger partial charge >= 0.3 is 6.09 Å². The Morgan fingerprint density at radius 3 is 2.48 bits per heavy atom. The van der Waals surface area contributed by atoms with Gasteiger partial charge in [0.2, 0.25) is 0 Å². The highest BCUT2D eigenvalue weighted by Gasteiger charge is 2.15. The number of amides is 1. The van der Waals surface area contributed by atoms with Crippen molar-refractivity contribution in [3.05, 3.63) is 70.7 Å². The van der Waals surface area contributed by atoms with Crippen LogP contribution in [0.1, 0.15) is 32.8 Å². The number of ether oxygens (including phenoxy) is 3. The van der Waals surface area contributed by atoms with Crippen molar-refractivity contribution in [3.8, 4) is 11.5 Å². The number of alkyl carbamates (subject to hydrolysis) is 1. The molecule has 0 fully saturated rings. The minimum Gasteiger partial charge on any atom is -0.494 e. The first-order chi connectivity index (χ1) is 14.8. The zero-order chi connectivity index (χ0) is 22.3. The maximum Gasteiger partial charge on any atom is 0.407 e. The lowest BCUT2D eigenvalue weighted by molar-refractivity contribution is 0.0525. The highest BCUT2D eigenvalue weighted by atomic mass is 79.9. The summed E-state index contributed by atoms with van der Waals surface area (Å²) >= 11 is 3.60. The lowest BCUT2D eigenvalue weighted by Crippen LogP contribution is -2.33. The molecule has 0 atom stereocenters. The van der Waals surface area contributed by atoms with Crippen molar-refractivity contribution < 1.29 is 19.0 Å². The number of halogens is 1. The smallest absolute Gasteiger partial charge is 0.407 e. The molecule has 5 nitrogen and oxygen atoms in total. The van der Waals surface area contributed by atoms with Gasteiger partial charge in [-0.15, -0.1) is 0 Å². The second-order valence-electron chi connectivity index (χ2n) is 8.20. The van der Waals surface area contributed by atoms with Gasteiger partial charge in [0.15, 0.2) is 0 Å². The van der Waals surface area contributed by atoms with E-state index in [2.05, 4.69) is 21.2 Å². The van der Waals surface area contributed by atoms with Gasteiger partial charge in [0.1, 0.15) is 23.7 Å². The van der Waals surface area contributed by atoms with Gasteiger partial charge in [-0.05, 0) is 83.7 Å². The molecule has 0 unspecified atom stereocenters. The molecule has 3 rings (SSSR count). The van der Waals surface area contributed by atoms with Crippen LogP contribution in [0.4, 0.5) is 4.79 Å². The van der Waals surface area contributed by atoms with Crippen molar-refractivity contribution in [3.63, 3.8) is 0 Å². The first-order valence-electron chi connectivity index (χ1n) is 10.3. The first-order valence-corrected chi connectivity index (χ1v) is 11.1. The third kappa shape index (κ3) is 7.47. The van der Waals surface area contributed by atoms with E-state index in [1.54, 1.807) is 0 Å². The summed E-state index contributed by atoms with van der Waals surface area (Å²) in [5, 5.41) is 4.87. The highest BCUT2D eigenvalue weighted by Crippen LogP contribution is 2.33. The number of fused-ring (bicyclic) bond motifs is 1. The van der Waals surface area contributed by atoms with Crippen molar-refractivity contribution >= 4 is 32.8 Å². The molecule has 0 aliphatic carbocycles. The summed E-state index contributed by atoms with van der Waals surface area (Å²) in [6.45, 7) is 7.01. The number of rotatable bonds is 8. The Bertz CT molecular complexity index is 1020. The first kappa shape index (κ1) is 22.9. The molecule has 0 aromatic heterocycles. The predicted octanol–water partition coefficient (Wildman–Crippen LogP) is 6.47. The molecule has 3 aromatic rings. The summed E-state index contributed by atoms with van der Waals surface area (Å²) in [7, 11) is 0. The predicted molar refractivity (Wildman–Crippen MR) is 127 cm³/mol. The van der Waals surface area contributed by atoms with Gasteiger partial charge < -0.3 is 19.5 Å². The fourth-order valence-corrected chi connectivity index (χ4v) is 3.41. The molecule has 6 heteroatoms. The summed E-state index contributed by atoms with van der Waals surface area (Å²) in [4.78, 5) is 11.7. The van der Waals surface area contributed by atoms with Gasteiger partial charge in [-0.2, -0.15) is 0 Å². The van der Waals surface area contributed by atoms with Crippen LogP contribution in [0.15, 0.2) is 65.1 Å². The molecule has 0 bridgehead atoms. The molecule has 0 aliphatic heterocycles. The number of carbonyl (C=O) groups is 1. The SMILES string of the molecule is CC(C)(C)OC(=O)NCCCOc1ccc2cc(Br)c(OCc3ccccc3)cc2c1. The number of nitrogens with one attached hydrogen (secondary N) is 1. The monoisotopic (exact) mass is 485 g/mol. The van der Waals surface area contributed by atoms with E-state index in [1.165, 1.54) is 0 Å². The van der Waals surface area contributed by atoms with Crippen molar-refractivity contribution in [2.24, 2.45) is 0 Å². The van der Waals surface area contributed by atoms with Crippen LogP contribution < -0.4 is 14.8 Å². The van der Waals surface area contributed by atoms with Crippen molar-refractivity contribution in [1.29, 1.82) is 0 Å². The van der Waals surface area contributed by atoms with Gasteiger partial charge in [-0.3, -0.25) is 0 Å². The third-order valence-electron chi connectivity index (χ3n) is 4.36. The molecule has 3 aromatic carbocycles. The maximum absolute atomic E-state index is 11.7. The standard InChI is InChI=1S/C25H28BrNO4/c1-25(2,3)31-24(28)27-12-7-13-29-21-11-10-19-15-22(26)23(16-20(19)14-21)30-17-18-8-5-4-6-9-18/h4-6,8-11,14-16H,7,12-13,17H2,1-3H3,(H,27,28). The average Bonchev–Trinajstić information content (AvgIpc) is 2.71. The Morgan fingerprint density at radius 2 is 1.74 bits per heavy atom. The Labute approximate surface area is 191 Å². The molecular formula is C25H28BrNO4. The number of benzene rings is 3. The summed E-state index contributed by atoms with van der Waals surface area (Å²) in [5.74, 6) is 1.57. The lowest BCUT2D eigenvalue weighted by atomic mass is 10.1. The van der Waals surface area contributed by atoms with Crippen LogP contribution in [0.3, 0.4) is 0 Å². The molecule has 1 amide bonds. The lowest BCUT2D eigenvalue weighted by Gasteiger charge is -2.19. The Hall–Kier alpha value is -2.73. The highest BCUT2D eigenvalue weighted by molar-refractivity contribution is 9.10. The van der Waals surface area contributed by atoms with Crippen LogP contribution >= 0.6 is 15.9 Å². The van der Waals surface area contributed by atoms with E-state index >= 15 is 0 Å². The molecule has 0 radical (unpaired) electrons. The van der Waals surface area contributed by atoms with Crippen molar-refractivity contribution in [2.75, 3.05) is 13.2 Å². The van der Waals surface area contributed by atoms with Crippen LogP contribution in [-0.4, -0.2) is 24.8 Å². The van der Waals surface area contributed by atoms with Crippen LogP contribution in [0.5, 0.6) is 11.5 Å². The summed E-state index contributed by atoms with van der Waals surface area (Å²) < 4.78 is 18.0. The van der Waals surface area contributed by atoms with Gasteiger partial charge in [0.25, 0.3) is 0 Å². The Morgan fingerprint density at radius 1 is 0.968 bits per heavy atom. The number of hydrogen-bond donors (Lipinski definition) is 1. The van der Waals surface area contributed by atoms with Crippen LogP contribution in [0.25, 0.3) is 10.8 Å². The summed E-state index contributed by atoms with van der Waals surface area (Å²) in [6.07, 6.45) is 0.273. The second-order valence-corrected chi connectivity index (χ2v) is 9.05. The fourth-order valence-electron chi connectivity index (χ4n) is 2.93. The minimum absolute atomic E-state index is 0.410. The van der Waals surface area contributed by atoms with Gasteiger partial charge in [-0.1, -0.05) is 36.4 Å². The molecular weight excluding hydrogens is 458 g/mol. The Kier molecular flexibility index (Phi) is 7.80. The topological polar surface area (TPSA) is 56.8 Å². The normalized spacial score (nSPS) is 11.2. The number of carbonyl (C=O) groups excluding carboxylic acids is 1. The molecule has 31 heavy (non-hydrogen) atoms. The van der Waals surface area contributed by atoms with Gasteiger partial charge in [-0.25, -0.2) is 4.79 Å². The molecule has 0 saturated carbocycles. The van der Waals surface area contributed by atoms with Crippen LogP contribution in [0.2, 0.25) is 0 Å². The minimum atomic E-state index is -0.496. The zero-order valence-electron chi connectivity index (χ0n) is 18.1. The van der Waals surface area contributed by atoms with E-state index in [0.717, 1.165) is 32.3 Å². The quantitative estimate of drug-likeness (QED) is 0.371. The van der Waals surface area contributed by atoms with Crippen LogP contribution in [0, 0.1) is 0 Å². The van der Waals surface area contributed by atoms with Crippen molar-refractivity contribution in [1.82, 2.24) is 5.32 Å². The average molecular weight is 486 g/mol. The molecule has 164 valence electrons. The van der Waals surface area contributed by atoms with E-state index in [9.17, 15) is 4.79 Å². The van der Waals surface area contributed by atoms with Crippen molar-refractivity contribution in [2.45, 2.75) is 39.4 Å². The second kappa shape index (κ2) is 10.5. The molecule has 0 saturated heterocycles. The van der Waals surface area contributed by atoms with E-state index in [-0.39, 0.29) is 0 Å².